The van der Waals surface area contributed by atoms with Gasteiger partial charge in [0.15, 0.2) is 0 Å². The van der Waals surface area contributed by atoms with E-state index in [0.29, 0.717) is 31.7 Å². The van der Waals surface area contributed by atoms with Crippen LogP contribution in [0, 0.1) is 5.92 Å². The normalized spacial score (nSPS) is 14.9. The van der Waals surface area contributed by atoms with Crippen molar-refractivity contribution < 1.29 is 22.8 Å². The SMILES string of the molecule is CCc1ccccc1NC(=O)CNC(=O)C1CCN(c2ccc(C(F)(F)F)cn2)CC1. The Bertz CT molecular complexity index is 908. The van der Waals surface area contributed by atoms with Crippen molar-refractivity contribution in [2.75, 3.05) is 29.9 Å². The number of benzene rings is 1. The number of aromatic nitrogens is 1. The third-order valence-corrected chi connectivity index (χ3v) is 5.36. The smallest absolute Gasteiger partial charge is 0.357 e. The first kappa shape index (κ1) is 22.6. The minimum Gasteiger partial charge on any atom is -0.357 e. The summed E-state index contributed by atoms with van der Waals surface area (Å²) in [6.07, 6.45) is -1.73. The van der Waals surface area contributed by atoms with Gasteiger partial charge in [0.2, 0.25) is 11.8 Å². The van der Waals surface area contributed by atoms with Crippen LogP contribution in [0.15, 0.2) is 42.6 Å². The van der Waals surface area contributed by atoms with Gasteiger partial charge in [0.05, 0.1) is 12.1 Å². The number of hydrogen-bond donors (Lipinski definition) is 2. The topological polar surface area (TPSA) is 74.3 Å². The zero-order valence-electron chi connectivity index (χ0n) is 17.2. The Kier molecular flexibility index (Phi) is 7.14. The molecule has 0 atom stereocenters. The summed E-state index contributed by atoms with van der Waals surface area (Å²) in [5.41, 5.74) is 0.971. The molecule has 9 heteroatoms. The van der Waals surface area contributed by atoms with Crippen molar-refractivity contribution in [3.8, 4) is 0 Å². The molecular formula is C22H25F3N4O2. The highest BCUT2D eigenvalue weighted by Crippen LogP contribution is 2.30. The van der Waals surface area contributed by atoms with E-state index in [9.17, 15) is 22.8 Å². The van der Waals surface area contributed by atoms with Gasteiger partial charge in [-0.3, -0.25) is 9.59 Å². The van der Waals surface area contributed by atoms with Crippen LogP contribution in [-0.2, 0) is 22.2 Å². The monoisotopic (exact) mass is 434 g/mol. The predicted octanol–water partition coefficient (Wildman–Crippen LogP) is 3.63. The molecule has 1 fully saturated rings. The van der Waals surface area contributed by atoms with Crippen LogP contribution in [0.25, 0.3) is 0 Å². The zero-order chi connectivity index (χ0) is 22.4. The van der Waals surface area contributed by atoms with Crippen LogP contribution < -0.4 is 15.5 Å². The van der Waals surface area contributed by atoms with Gasteiger partial charge in [0.25, 0.3) is 0 Å². The number of carbonyl (C=O) groups is 2. The molecule has 31 heavy (non-hydrogen) atoms. The van der Waals surface area contributed by atoms with E-state index in [1.54, 1.807) is 0 Å². The fourth-order valence-electron chi connectivity index (χ4n) is 3.57. The lowest BCUT2D eigenvalue weighted by Crippen LogP contribution is -2.42. The number of nitrogens with zero attached hydrogens (tertiary/aromatic N) is 2. The lowest BCUT2D eigenvalue weighted by molar-refractivity contribution is -0.137. The molecule has 2 aromatic rings. The first-order valence-corrected chi connectivity index (χ1v) is 10.2. The molecule has 1 aliphatic heterocycles. The Morgan fingerprint density at radius 3 is 2.45 bits per heavy atom. The molecule has 0 aliphatic carbocycles. The highest BCUT2D eigenvalue weighted by atomic mass is 19.4. The second-order valence-electron chi connectivity index (χ2n) is 7.44. The Morgan fingerprint density at radius 1 is 1.13 bits per heavy atom. The van der Waals surface area contributed by atoms with E-state index in [1.165, 1.54) is 6.07 Å². The van der Waals surface area contributed by atoms with Crippen LogP contribution in [0.3, 0.4) is 0 Å². The Morgan fingerprint density at radius 2 is 1.84 bits per heavy atom. The van der Waals surface area contributed by atoms with Crippen molar-refractivity contribution in [3.63, 3.8) is 0 Å². The van der Waals surface area contributed by atoms with Crippen molar-refractivity contribution in [3.05, 3.63) is 53.7 Å². The maximum atomic E-state index is 12.7. The predicted molar refractivity (Wildman–Crippen MR) is 112 cm³/mol. The molecule has 1 aromatic heterocycles. The number of alkyl halides is 3. The van der Waals surface area contributed by atoms with Gasteiger partial charge in [-0.2, -0.15) is 13.2 Å². The second-order valence-corrected chi connectivity index (χ2v) is 7.44. The third-order valence-electron chi connectivity index (χ3n) is 5.36. The number of nitrogens with one attached hydrogen (secondary N) is 2. The van der Waals surface area contributed by atoms with E-state index in [1.807, 2.05) is 36.1 Å². The summed E-state index contributed by atoms with van der Waals surface area (Å²) < 4.78 is 38.0. The van der Waals surface area contributed by atoms with Gasteiger partial charge < -0.3 is 15.5 Å². The second kappa shape index (κ2) is 9.80. The first-order valence-electron chi connectivity index (χ1n) is 10.2. The number of carbonyl (C=O) groups excluding carboxylic acids is 2. The molecule has 2 amide bonds. The van der Waals surface area contributed by atoms with Gasteiger partial charge in [-0.05, 0) is 43.0 Å². The Hall–Kier alpha value is -3.10. The number of aryl methyl sites for hydroxylation is 1. The highest BCUT2D eigenvalue weighted by Gasteiger charge is 2.31. The van der Waals surface area contributed by atoms with Gasteiger partial charge in [-0.25, -0.2) is 4.98 Å². The van der Waals surface area contributed by atoms with Gasteiger partial charge >= 0.3 is 6.18 Å². The summed E-state index contributed by atoms with van der Waals surface area (Å²) in [6, 6.07) is 9.87. The average Bonchev–Trinajstić information content (AvgIpc) is 2.77. The van der Waals surface area contributed by atoms with Crippen LogP contribution in [0.1, 0.15) is 30.9 Å². The van der Waals surface area contributed by atoms with Gasteiger partial charge in [-0.15, -0.1) is 0 Å². The van der Waals surface area contributed by atoms with Gasteiger partial charge in [0, 0.05) is 30.9 Å². The highest BCUT2D eigenvalue weighted by molar-refractivity contribution is 5.95. The van der Waals surface area contributed by atoms with Gasteiger partial charge in [0.1, 0.15) is 5.82 Å². The van der Waals surface area contributed by atoms with Crippen molar-refractivity contribution in [1.82, 2.24) is 10.3 Å². The zero-order valence-corrected chi connectivity index (χ0v) is 17.2. The van der Waals surface area contributed by atoms with E-state index >= 15 is 0 Å². The number of hydrogen-bond acceptors (Lipinski definition) is 4. The number of pyridine rings is 1. The summed E-state index contributed by atoms with van der Waals surface area (Å²) in [5.74, 6) is -0.276. The summed E-state index contributed by atoms with van der Waals surface area (Å²) in [7, 11) is 0. The van der Waals surface area contributed by atoms with E-state index < -0.39 is 11.7 Å². The van der Waals surface area contributed by atoms with Crippen LogP contribution in [-0.4, -0.2) is 36.4 Å². The summed E-state index contributed by atoms with van der Waals surface area (Å²) >= 11 is 0. The van der Waals surface area contributed by atoms with Crippen molar-refractivity contribution in [2.24, 2.45) is 5.92 Å². The summed E-state index contributed by atoms with van der Waals surface area (Å²) in [4.78, 5) is 30.4. The van der Waals surface area contributed by atoms with E-state index in [-0.39, 0.29) is 24.3 Å². The molecule has 6 nitrogen and oxygen atoms in total. The summed E-state index contributed by atoms with van der Waals surface area (Å²) in [6.45, 7) is 2.90. The maximum Gasteiger partial charge on any atom is 0.417 e. The molecule has 166 valence electrons. The number of rotatable bonds is 6. The lowest BCUT2D eigenvalue weighted by atomic mass is 9.96. The minimum atomic E-state index is -4.42. The van der Waals surface area contributed by atoms with Crippen molar-refractivity contribution in [2.45, 2.75) is 32.4 Å². The summed E-state index contributed by atoms with van der Waals surface area (Å²) in [5, 5.41) is 5.49. The maximum absolute atomic E-state index is 12.7. The fourth-order valence-corrected chi connectivity index (χ4v) is 3.57. The Balaban J connectivity index is 1.45. The van der Waals surface area contributed by atoms with Crippen molar-refractivity contribution in [1.29, 1.82) is 0 Å². The number of piperidine rings is 1. The van der Waals surface area contributed by atoms with E-state index in [2.05, 4.69) is 15.6 Å². The van der Waals surface area contributed by atoms with Crippen LogP contribution >= 0.6 is 0 Å². The fraction of sp³-hybridized carbons (Fsp3) is 0.409. The van der Waals surface area contributed by atoms with Crippen LogP contribution in [0.5, 0.6) is 0 Å². The molecule has 2 heterocycles. The van der Waals surface area contributed by atoms with E-state index in [4.69, 9.17) is 0 Å². The number of amides is 2. The molecule has 0 spiro atoms. The molecule has 0 bridgehead atoms. The molecule has 1 saturated heterocycles. The Labute approximate surface area is 178 Å². The van der Waals surface area contributed by atoms with Gasteiger partial charge in [-0.1, -0.05) is 25.1 Å². The first-order chi connectivity index (χ1) is 14.8. The molecule has 1 aliphatic rings. The number of anilines is 2. The quantitative estimate of drug-likeness (QED) is 0.728. The molecule has 2 N–H and O–H groups in total. The standard InChI is InChI=1S/C22H25F3N4O2/c1-2-15-5-3-4-6-18(15)28-20(30)14-27-21(31)16-9-11-29(12-10-16)19-8-7-17(13-26-19)22(23,24)25/h3-8,13,16H,2,9-12,14H2,1H3,(H,27,31)(H,28,30). The minimum absolute atomic E-state index is 0.114. The molecule has 1 aromatic carbocycles. The average molecular weight is 434 g/mol. The molecule has 3 rings (SSSR count). The van der Waals surface area contributed by atoms with E-state index in [0.717, 1.165) is 29.9 Å². The molecule has 0 radical (unpaired) electrons. The number of para-hydroxylation sites is 1. The lowest BCUT2D eigenvalue weighted by Gasteiger charge is -2.32. The third kappa shape index (κ3) is 5.96. The largest absolute Gasteiger partial charge is 0.417 e. The molecule has 0 saturated carbocycles. The number of halogens is 3. The van der Waals surface area contributed by atoms with Crippen LogP contribution in [0.4, 0.5) is 24.7 Å². The molecular weight excluding hydrogens is 409 g/mol. The van der Waals surface area contributed by atoms with Crippen LogP contribution in [0.2, 0.25) is 0 Å². The molecule has 0 unspecified atom stereocenters. The van der Waals surface area contributed by atoms with Crippen molar-refractivity contribution >= 4 is 23.3 Å².